The lowest BCUT2D eigenvalue weighted by Crippen LogP contribution is -1.98. The second-order valence-electron chi connectivity index (χ2n) is 5.42. The van der Waals surface area contributed by atoms with E-state index in [-0.39, 0.29) is 12.4 Å². The predicted octanol–water partition coefficient (Wildman–Crippen LogP) is 4.22. The summed E-state index contributed by atoms with van der Waals surface area (Å²) in [6, 6.07) is 14.9. The van der Waals surface area contributed by atoms with Gasteiger partial charge in [0.15, 0.2) is 12.4 Å². The maximum absolute atomic E-state index is 11.6. The number of hydrogen-bond acceptors (Lipinski definition) is 5. The highest BCUT2D eigenvalue weighted by Crippen LogP contribution is 2.20. The van der Waals surface area contributed by atoms with E-state index >= 15 is 0 Å². The average Bonchev–Trinajstić information content (AvgIpc) is 3.09. The molecule has 0 atom stereocenters. The van der Waals surface area contributed by atoms with E-state index in [1.54, 1.807) is 24.3 Å². The SMILES string of the molecule is CCC(=O)c1ccc(OCc2nc(-c3ccccc3C)no2)cc1. The number of carbonyl (C=O) groups excluding carboxylic acids is 1. The number of aryl methyl sites for hydroxylation is 1. The first-order valence-corrected chi connectivity index (χ1v) is 7.82. The van der Waals surface area contributed by atoms with Crippen molar-refractivity contribution >= 4 is 5.78 Å². The standard InChI is InChI=1S/C19H18N2O3/c1-3-17(22)14-8-10-15(11-9-14)23-12-18-20-19(21-24-18)16-7-5-4-6-13(16)2/h4-11H,3,12H2,1-2H3. The first-order chi connectivity index (χ1) is 11.7. The number of rotatable bonds is 6. The van der Waals surface area contributed by atoms with Gasteiger partial charge in [-0.2, -0.15) is 4.98 Å². The Kier molecular flexibility index (Phi) is 4.70. The minimum Gasteiger partial charge on any atom is -0.484 e. The summed E-state index contributed by atoms with van der Waals surface area (Å²) in [7, 11) is 0. The van der Waals surface area contributed by atoms with Crippen molar-refractivity contribution in [3.05, 3.63) is 65.5 Å². The van der Waals surface area contributed by atoms with Crippen molar-refractivity contribution in [2.75, 3.05) is 0 Å². The molecule has 5 heteroatoms. The van der Waals surface area contributed by atoms with Gasteiger partial charge in [-0.05, 0) is 36.8 Å². The number of Topliss-reactive ketones (excluding diaryl/α,β-unsaturated/α-hetero) is 1. The Balaban J connectivity index is 1.65. The second kappa shape index (κ2) is 7.08. The minimum atomic E-state index is 0.112. The molecule has 0 unspecified atom stereocenters. The third kappa shape index (κ3) is 3.51. The maximum Gasteiger partial charge on any atom is 0.264 e. The molecule has 3 rings (SSSR count). The highest BCUT2D eigenvalue weighted by atomic mass is 16.5. The van der Waals surface area contributed by atoms with Crippen LogP contribution in [0.3, 0.4) is 0 Å². The highest BCUT2D eigenvalue weighted by Gasteiger charge is 2.11. The molecule has 0 spiro atoms. The van der Waals surface area contributed by atoms with E-state index in [1.807, 2.05) is 38.1 Å². The molecule has 0 N–H and O–H groups in total. The van der Waals surface area contributed by atoms with E-state index < -0.39 is 0 Å². The molecule has 0 aliphatic carbocycles. The van der Waals surface area contributed by atoms with Gasteiger partial charge in [0.25, 0.3) is 5.89 Å². The molecule has 0 amide bonds. The van der Waals surface area contributed by atoms with Crippen molar-refractivity contribution in [2.45, 2.75) is 26.9 Å². The number of ether oxygens (including phenoxy) is 1. The van der Waals surface area contributed by atoms with Gasteiger partial charge >= 0.3 is 0 Å². The molecule has 3 aromatic rings. The van der Waals surface area contributed by atoms with Crippen molar-refractivity contribution in [1.82, 2.24) is 10.1 Å². The van der Waals surface area contributed by atoms with Crippen LogP contribution in [0.2, 0.25) is 0 Å². The molecule has 0 bridgehead atoms. The zero-order valence-corrected chi connectivity index (χ0v) is 13.7. The third-order valence-electron chi connectivity index (χ3n) is 3.71. The molecule has 0 fully saturated rings. The lowest BCUT2D eigenvalue weighted by Gasteiger charge is -2.04. The summed E-state index contributed by atoms with van der Waals surface area (Å²) in [5, 5.41) is 4.00. The van der Waals surface area contributed by atoms with Crippen LogP contribution in [0, 0.1) is 6.92 Å². The number of ketones is 1. The summed E-state index contributed by atoms with van der Waals surface area (Å²) < 4.78 is 10.9. The summed E-state index contributed by atoms with van der Waals surface area (Å²) >= 11 is 0. The molecular formula is C19H18N2O3. The van der Waals surface area contributed by atoms with E-state index in [0.29, 0.717) is 29.4 Å². The molecule has 2 aromatic carbocycles. The van der Waals surface area contributed by atoms with Gasteiger partial charge in [0, 0.05) is 17.5 Å². The van der Waals surface area contributed by atoms with Crippen molar-refractivity contribution in [3.63, 3.8) is 0 Å². The van der Waals surface area contributed by atoms with E-state index in [9.17, 15) is 4.79 Å². The van der Waals surface area contributed by atoms with Crippen molar-refractivity contribution in [1.29, 1.82) is 0 Å². The largest absolute Gasteiger partial charge is 0.484 e. The third-order valence-corrected chi connectivity index (χ3v) is 3.71. The molecule has 122 valence electrons. The second-order valence-corrected chi connectivity index (χ2v) is 5.42. The number of benzene rings is 2. The van der Waals surface area contributed by atoms with Crippen LogP contribution in [-0.4, -0.2) is 15.9 Å². The van der Waals surface area contributed by atoms with Gasteiger partial charge in [-0.25, -0.2) is 0 Å². The normalized spacial score (nSPS) is 10.6. The van der Waals surface area contributed by atoms with E-state index in [2.05, 4.69) is 10.1 Å². The van der Waals surface area contributed by atoms with Crippen LogP contribution in [0.5, 0.6) is 5.75 Å². The first kappa shape index (κ1) is 15.9. The summed E-state index contributed by atoms with van der Waals surface area (Å²) in [4.78, 5) is 16.0. The topological polar surface area (TPSA) is 65.2 Å². The molecule has 0 saturated carbocycles. The number of hydrogen-bond donors (Lipinski definition) is 0. The van der Waals surface area contributed by atoms with Gasteiger partial charge in [0.1, 0.15) is 5.75 Å². The van der Waals surface area contributed by atoms with Crippen LogP contribution in [-0.2, 0) is 6.61 Å². The Morgan fingerprint density at radius 1 is 1.12 bits per heavy atom. The monoisotopic (exact) mass is 322 g/mol. The van der Waals surface area contributed by atoms with Gasteiger partial charge in [0.2, 0.25) is 5.82 Å². The van der Waals surface area contributed by atoms with Gasteiger partial charge in [-0.15, -0.1) is 0 Å². The Morgan fingerprint density at radius 3 is 2.58 bits per heavy atom. The first-order valence-electron chi connectivity index (χ1n) is 7.82. The molecule has 0 aliphatic heterocycles. The minimum absolute atomic E-state index is 0.112. The summed E-state index contributed by atoms with van der Waals surface area (Å²) in [6.07, 6.45) is 0.490. The molecule has 0 radical (unpaired) electrons. The molecule has 24 heavy (non-hydrogen) atoms. The van der Waals surface area contributed by atoms with Crippen molar-refractivity contribution < 1.29 is 14.1 Å². The molecule has 1 heterocycles. The highest BCUT2D eigenvalue weighted by molar-refractivity contribution is 5.95. The Bertz CT molecular complexity index is 838. The number of carbonyl (C=O) groups is 1. The smallest absolute Gasteiger partial charge is 0.264 e. The zero-order chi connectivity index (χ0) is 16.9. The van der Waals surface area contributed by atoms with Crippen molar-refractivity contribution in [2.24, 2.45) is 0 Å². The van der Waals surface area contributed by atoms with Crippen LogP contribution >= 0.6 is 0 Å². The molecule has 5 nitrogen and oxygen atoms in total. The fourth-order valence-electron chi connectivity index (χ4n) is 2.33. The lowest BCUT2D eigenvalue weighted by molar-refractivity contribution is 0.0988. The predicted molar refractivity (Wildman–Crippen MR) is 89.9 cm³/mol. The Labute approximate surface area is 140 Å². The fourth-order valence-corrected chi connectivity index (χ4v) is 2.33. The summed E-state index contributed by atoms with van der Waals surface area (Å²) in [5.74, 6) is 1.72. The molecule has 1 aromatic heterocycles. The van der Waals surface area contributed by atoms with Crippen LogP contribution in [0.25, 0.3) is 11.4 Å². The zero-order valence-electron chi connectivity index (χ0n) is 13.7. The van der Waals surface area contributed by atoms with Crippen LogP contribution in [0.4, 0.5) is 0 Å². The Hall–Kier alpha value is -2.95. The summed E-state index contributed by atoms with van der Waals surface area (Å²) in [5.41, 5.74) is 2.71. The number of nitrogens with zero attached hydrogens (tertiary/aromatic N) is 2. The Morgan fingerprint density at radius 2 is 1.88 bits per heavy atom. The summed E-state index contributed by atoms with van der Waals surface area (Å²) in [6.45, 7) is 4.02. The molecular weight excluding hydrogens is 304 g/mol. The van der Waals surface area contributed by atoms with E-state index in [0.717, 1.165) is 11.1 Å². The van der Waals surface area contributed by atoms with E-state index in [1.165, 1.54) is 0 Å². The quantitative estimate of drug-likeness (QED) is 0.636. The van der Waals surface area contributed by atoms with Gasteiger partial charge in [-0.1, -0.05) is 36.3 Å². The maximum atomic E-state index is 11.6. The van der Waals surface area contributed by atoms with Crippen LogP contribution in [0.1, 0.15) is 35.2 Å². The van der Waals surface area contributed by atoms with Gasteiger partial charge in [-0.3, -0.25) is 4.79 Å². The molecule has 0 saturated heterocycles. The van der Waals surface area contributed by atoms with Gasteiger partial charge in [0.05, 0.1) is 0 Å². The van der Waals surface area contributed by atoms with Crippen LogP contribution < -0.4 is 4.74 Å². The number of aromatic nitrogens is 2. The van der Waals surface area contributed by atoms with Gasteiger partial charge < -0.3 is 9.26 Å². The van der Waals surface area contributed by atoms with Crippen LogP contribution in [0.15, 0.2) is 53.1 Å². The molecule has 0 aliphatic rings. The van der Waals surface area contributed by atoms with E-state index in [4.69, 9.17) is 9.26 Å². The van der Waals surface area contributed by atoms with Crippen molar-refractivity contribution in [3.8, 4) is 17.1 Å². The lowest BCUT2D eigenvalue weighted by atomic mass is 10.1. The average molecular weight is 322 g/mol. The fraction of sp³-hybridized carbons (Fsp3) is 0.211.